The molecule has 0 aliphatic heterocycles. The number of carbonyl (C=O) groups excluding carboxylic acids is 1. The first-order chi connectivity index (χ1) is 8.70. The fourth-order valence-corrected chi connectivity index (χ4v) is 2.02. The maximum absolute atomic E-state index is 11.8. The van der Waals surface area contributed by atoms with Crippen LogP contribution in [0.2, 0.25) is 0 Å². The third-order valence-electron chi connectivity index (χ3n) is 2.32. The molecule has 18 heavy (non-hydrogen) atoms. The van der Waals surface area contributed by atoms with Crippen molar-refractivity contribution in [3.63, 3.8) is 0 Å². The summed E-state index contributed by atoms with van der Waals surface area (Å²) in [6.07, 6.45) is 0. The van der Waals surface area contributed by atoms with Crippen molar-refractivity contribution in [3.05, 3.63) is 52.2 Å². The Bertz CT molecular complexity index is 562. The average molecular weight is 262 g/mol. The summed E-state index contributed by atoms with van der Waals surface area (Å²) in [5.74, 6) is 0.0149. The number of hydrogen-bond acceptors (Lipinski definition) is 3. The lowest BCUT2D eigenvalue weighted by Gasteiger charge is -2.03. The van der Waals surface area contributed by atoms with Crippen LogP contribution >= 0.6 is 11.3 Å². The van der Waals surface area contributed by atoms with Crippen molar-refractivity contribution >= 4 is 28.8 Å². The summed E-state index contributed by atoms with van der Waals surface area (Å²) < 4.78 is 0. The van der Waals surface area contributed by atoms with E-state index in [0.717, 1.165) is 0 Å². The largest absolute Gasteiger partial charge is 0.357 e. The van der Waals surface area contributed by atoms with Gasteiger partial charge in [-0.1, -0.05) is 11.2 Å². The van der Waals surface area contributed by atoms with Gasteiger partial charge >= 0.3 is 5.84 Å². The Kier molecular flexibility index (Phi) is 3.59. The predicted octanol–water partition coefficient (Wildman–Crippen LogP) is 0.175. The minimum Gasteiger partial charge on any atom is -0.357 e. The van der Waals surface area contributed by atoms with E-state index in [4.69, 9.17) is 10.9 Å². The molecule has 0 fully saturated rings. The summed E-state index contributed by atoms with van der Waals surface area (Å²) in [7, 11) is 0. The standard InChI is InChI=1S/C12H11N3O2S/c13-11(15-17)8-3-5-9(6-4-8)14-12(16)10-2-1-7-18-10/h1-7,17H,(H2,13,15)(H,14,16)/p+1. The molecule has 1 aromatic heterocycles. The Balaban J connectivity index is 2.09. The van der Waals surface area contributed by atoms with Crippen molar-refractivity contribution in [1.29, 1.82) is 0 Å². The fraction of sp³-hybridized carbons (Fsp3) is 0. The summed E-state index contributed by atoms with van der Waals surface area (Å²) in [6, 6.07) is 10.4. The van der Waals surface area contributed by atoms with Crippen molar-refractivity contribution in [2.75, 3.05) is 5.32 Å². The van der Waals surface area contributed by atoms with Crippen molar-refractivity contribution in [2.24, 2.45) is 5.73 Å². The lowest BCUT2D eigenvalue weighted by Crippen LogP contribution is -2.71. The first-order valence-electron chi connectivity index (χ1n) is 5.18. The molecule has 6 heteroatoms. The predicted molar refractivity (Wildman–Crippen MR) is 69.8 cm³/mol. The van der Waals surface area contributed by atoms with Crippen LogP contribution in [-0.2, 0) is 0 Å². The molecular formula is C12H12N3O2S+. The van der Waals surface area contributed by atoms with Gasteiger partial charge in [0.15, 0.2) is 0 Å². The van der Waals surface area contributed by atoms with Gasteiger partial charge in [-0.3, -0.25) is 10.5 Å². The number of benzene rings is 1. The van der Waals surface area contributed by atoms with Crippen molar-refractivity contribution in [2.45, 2.75) is 0 Å². The normalized spacial score (nSPS) is 11.2. The van der Waals surface area contributed by atoms with E-state index in [2.05, 4.69) is 5.32 Å². The molecule has 2 aromatic rings. The third kappa shape index (κ3) is 2.67. The molecule has 0 aliphatic carbocycles. The minimum atomic E-state index is -0.144. The molecule has 1 heterocycles. The van der Waals surface area contributed by atoms with E-state index in [0.29, 0.717) is 16.1 Å². The highest BCUT2D eigenvalue weighted by molar-refractivity contribution is 7.12. The van der Waals surface area contributed by atoms with Crippen LogP contribution in [0, 0.1) is 0 Å². The van der Waals surface area contributed by atoms with Crippen LogP contribution in [0.4, 0.5) is 5.69 Å². The molecule has 1 aromatic carbocycles. The molecule has 0 radical (unpaired) electrons. The number of anilines is 1. The topological polar surface area (TPSA) is 89.3 Å². The Morgan fingerprint density at radius 3 is 2.56 bits per heavy atom. The molecule has 1 amide bonds. The highest BCUT2D eigenvalue weighted by Gasteiger charge is 2.08. The molecule has 0 bridgehead atoms. The van der Waals surface area contributed by atoms with Gasteiger partial charge in [-0.2, -0.15) is 0 Å². The van der Waals surface area contributed by atoms with Gasteiger partial charge in [0.2, 0.25) is 0 Å². The van der Waals surface area contributed by atoms with Crippen molar-refractivity contribution < 1.29 is 15.2 Å². The Morgan fingerprint density at radius 2 is 2.00 bits per heavy atom. The van der Waals surface area contributed by atoms with Crippen molar-refractivity contribution in [1.82, 2.24) is 0 Å². The van der Waals surface area contributed by atoms with Gasteiger partial charge in [-0.25, -0.2) is 0 Å². The number of amidine groups is 1. The molecule has 5 nitrogen and oxygen atoms in total. The van der Waals surface area contributed by atoms with Crippen LogP contribution in [0.3, 0.4) is 0 Å². The molecule has 0 spiro atoms. The van der Waals surface area contributed by atoms with E-state index in [9.17, 15) is 4.79 Å². The van der Waals surface area contributed by atoms with E-state index in [1.807, 2.05) is 16.6 Å². The van der Waals surface area contributed by atoms with Crippen LogP contribution < -0.4 is 16.2 Å². The monoisotopic (exact) mass is 262 g/mol. The molecule has 0 saturated carbocycles. The zero-order chi connectivity index (χ0) is 13.0. The van der Waals surface area contributed by atoms with E-state index in [1.54, 1.807) is 30.3 Å². The number of nitrogens with one attached hydrogen (secondary N) is 2. The van der Waals surface area contributed by atoms with Crippen LogP contribution in [0.25, 0.3) is 0 Å². The Hall–Kier alpha value is -2.34. The number of nitrogen functional groups attached to an aromatic ring is 1. The summed E-state index contributed by atoms with van der Waals surface area (Å²) in [6.45, 7) is 0. The number of hydrogen-bond donors (Lipinski definition) is 4. The number of nitrogens with two attached hydrogens (primary N) is 1. The summed E-state index contributed by atoms with van der Waals surface area (Å²) in [5, 5.41) is 15.1. The Morgan fingerprint density at radius 1 is 1.28 bits per heavy atom. The van der Waals surface area contributed by atoms with Gasteiger partial charge in [0, 0.05) is 5.69 Å². The van der Waals surface area contributed by atoms with Gasteiger partial charge in [0.25, 0.3) is 5.91 Å². The molecule has 0 aliphatic rings. The van der Waals surface area contributed by atoms with Crippen molar-refractivity contribution in [3.8, 4) is 0 Å². The number of amides is 1. The Labute approximate surface area is 108 Å². The van der Waals surface area contributed by atoms with E-state index in [1.165, 1.54) is 11.3 Å². The summed E-state index contributed by atoms with van der Waals surface area (Å²) in [4.78, 5) is 12.4. The molecule has 92 valence electrons. The second-order valence-electron chi connectivity index (χ2n) is 3.53. The summed E-state index contributed by atoms with van der Waals surface area (Å²) in [5.41, 5.74) is 6.81. The molecular weight excluding hydrogens is 250 g/mol. The molecule has 2 rings (SSSR count). The van der Waals surface area contributed by atoms with E-state index >= 15 is 0 Å². The van der Waals surface area contributed by atoms with Gasteiger partial charge in [-0.15, -0.1) is 11.3 Å². The maximum atomic E-state index is 11.8. The maximum Gasteiger partial charge on any atom is 0.311 e. The molecule has 0 saturated heterocycles. The smallest absolute Gasteiger partial charge is 0.311 e. The second-order valence-corrected chi connectivity index (χ2v) is 4.48. The first kappa shape index (κ1) is 12.1. The quantitative estimate of drug-likeness (QED) is 0.275. The van der Waals surface area contributed by atoms with Crippen LogP contribution in [0.1, 0.15) is 15.2 Å². The van der Waals surface area contributed by atoms with Gasteiger partial charge in [-0.05, 0) is 35.7 Å². The average Bonchev–Trinajstić information content (AvgIpc) is 2.92. The second kappa shape index (κ2) is 5.33. The highest BCUT2D eigenvalue weighted by Crippen LogP contribution is 2.13. The molecule has 0 unspecified atom stereocenters. The van der Waals surface area contributed by atoms with E-state index < -0.39 is 0 Å². The minimum absolute atomic E-state index is 0.144. The van der Waals surface area contributed by atoms with Crippen LogP contribution in [-0.4, -0.2) is 17.0 Å². The van der Waals surface area contributed by atoms with Gasteiger partial charge in [0.05, 0.1) is 10.4 Å². The number of carbonyl (C=O) groups is 1. The fourth-order valence-electron chi connectivity index (χ4n) is 1.40. The number of rotatable bonds is 3. The molecule has 0 atom stereocenters. The lowest BCUT2D eigenvalue weighted by molar-refractivity contribution is -0.737. The summed E-state index contributed by atoms with van der Waals surface area (Å²) >= 11 is 1.38. The molecule has 5 N–H and O–H groups in total. The SMILES string of the molecule is NC(=[NH+]O)c1ccc(NC(=O)c2cccs2)cc1. The van der Waals surface area contributed by atoms with Crippen LogP contribution in [0.5, 0.6) is 0 Å². The highest BCUT2D eigenvalue weighted by atomic mass is 32.1. The zero-order valence-corrected chi connectivity index (χ0v) is 10.2. The van der Waals surface area contributed by atoms with Gasteiger partial charge in [0.1, 0.15) is 0 Å². The van der Waals surface area contributed by atoms with Crippen LogP contribution in [0.15, 0.2) is 41.8 Å². The van der Waals surface area contributed by atoms with E-state index in [-0.39, 0.29) is 11.7 Å². The lowest BCUT2D eigenvalue weighted by atomic mass is 10.2. The van der Waals surface area contributed by atoms with Gasteiger partial charge < -0.3 is 10.5 Å². The zero-order valence-electron chi connectivity index (χ0n) is 9.38. The first-order valence-corrected chi connectivity index (χ1v) is 6.06. The third-order valence-corrected chi connectivity index (χ3v) is 3.19. The number of thiophene rings is 1.